The van der Waals surface area contributed by atoms with Crippen LogP contribution in [0.15, 0.2) is 54.7 Å². The van der Waals surface area contributed by atoms with Crippen LogP contribution in [-0.2, 0) is 13.1 Å². The van der Waals surface area contributed by atoms with Gasteiger partial charge < -0.3 is 4.90 Å². The van der Waals surface area contributed by atoms with Crippen molar-refractivity contribution in [3.63, 3.8) is 0 Å². The summed E-state index contributed by atoms with van der Waals surface area (Å²) in [5.41, 5.74) is 3.75. The molecular formula is C16H14FN. The number of fused-ring (bicyclic) bond motifs is 1. The van der Waals surface area contributed by atoms with Crippen LogP contribution in [0.4, 0.5) is 4.39 Å². The summed E-state index contributed by atoms with van der Waals surface area (Å²) < 4.78 is 12.8. The van der Waals surface area contributed by atoms with Crippen molar-refractivity contribution >= 4 is 6.08 Å². The molecule has 1 aliphatic rings. The molecule has 2 aromatic rings. The Kier molecular flexibility index (Phi) is 2.85. The highest BCUT2D eigenvalue weighted by Gasteiger charge is 2.09. The van der Waals surface area contributed by atoms with Gasteiger partial charge in [0.1, 0.15) is 5.82 Å². The average Bonchev–Trinajstić information content (AvgIpc) is 2.41. The summed E-state index contributed by atoms with van der Waals surface area (Å²) in [6.07, 6.45) is 4.23. The molecule has 1 aliphatic heterocycles. The van der Waals surface area contributed by atoms with Gasteiger partial charge in [-0.05, 0) is 34.9 Å². The van der Waals surface area contributed by atoms with E-state index in [2.05, 4.69) is 41.4 Å². The number of benzene rings is 2. The van der Waals surface area contributed by atoms with Crippen molar-refractivity contribution < 1.29 is 4.39 Å². The molecule has 0 spiro atoms. The van der Waals surface area contributed by atoms with E-state index < -0.39 is 0 Å². The highest BCUT2D eigenvalue weighted by atomic mass is 19.1. The molecule has 18 heavy (non-hydrogen) atoms. The molecule has 90 valence electrons. The summed E-state index contributed by atoms with van der Waals surface area (Å²) in [4.78, 5) is 2.23. The molecule has 0 N–H and O–H groups in total. The molecule has 0 amide bonds. The smallest absolute Gasteiger partial charge is 0.123 e. The fraction of sp³-hybridized carbons (Fsp3) is 0.125. The maximum Gasteiger partial charge on any atom is 0.123 e. The summed E-state index contributed by atoms with van der Waals surface area (Å²) in [6.45, 7) is 1.72. The first-order chi connectivity index (χ1) is 8.81. The van der Waals surface area contributed by atoms with Crippen LogP contribution >= 0.6 is 0 Å². The van der Waals surface area contributed by atoms with E-state index in [4.69, 9.17) is 0 Å². The van der Waals surface area contributed by atoms with Gasteiger partial charge in [-0.15, -0.1) is 0 Å². The Hall–Kier alpha value is -2.09. The first-order valence-corrected chi connectivity index (χ1v) is 6.06. The number of halogens is 1. The summed E-state index contributed by atoms with van der Waals surface area (Å²) in [5, 5.41) is 0. The van der Waals surface area contributed by atoms with Crippen LogP contribution in [0.2, 0.25) is 0 Å². The minimum atomic E-state index is -0.182. The van der Waals surface area contributed by atoms with Gasteiger partial charge in [0.25, 0.3) is 0 Å². The van der Waals surface area contributed by atoms with Crippen molar-refractivity contribution in [2.24, 2.45) is 0 Å². The molecule has 1 nitrogen and oxygen atoms in total. The third-order valence-corrected chi connectivity index (χ3v) is 3.19. The van der Waals surface area contributed by atoms with E-state index in [0.717, 1.165) is 18.7 Å². The third kappa shape index (κ3) is 2.28. The largest absolute Gasteiger partial charge is 0.369 e. The van der Waals surface area contributed by atoms with Crippen LogP contribution in [0.5, 0.6) is 0 Å². The monoisotopic (exact) mass is 239 g/mol. The van der Waals surface area contributed by atoms with Crippen LogP contribution in [-0.4, -0.2) is 4.90 Å². The fourth-order valence-corrected chi connectivity index (χ4v) is 2.23. The SMILES string of the molecule is Fc1ccc(CN2C=Cc3ccccc3C2)cc1. The van der Waals surface area contributed by atoms with E-state index in [1.165, 1.54) is 23.3 Å². The second-order valence-corrected chi connectivity index (χ2v) is 4.55. The zero-order chi connectivity index (χ0) is 12.4. The standard InChI is InChI=1S/C16H14FN/c17-16-7-5-13(6-8-16)11-18-10-9-14-3-1-2-4-15(14)12-18/h1-10H,11-12H2. The Morgan fingerprint density at radius 1 is 1.00 bits per heavy atom. The minimum Gasteiger partial charge on any atom is -0.369 e. The van der Waals surface area contributed by atoms with E-state index in [-0.39, 0.29) is 5.82 Å². The van der Waals surface area contributed by atoms with Gasteiger partial charge in [-0.3, -0.25) is 0 Å². The van der Waals surface area contributed by atoms with Crippen LogP contribution in [0.3, 0.4) is 0 Å². The van der Waals surface area contributed by atoms with E-state index >= 15 is 0 Å². The first kappa shape index (κ1) is 11.0. The third-order valence-electron chi connectivity index (χ3n) is 3.19. The molecule has 3 rings (SSSR count). The van der Waals surface area contributed by atoms with Crippen molar-refractivity contribution in [2.75, 3.05) is 0 Å². The number of hydrogen-bond acceptors (Lipinski definition) is 1. The molecule has 0 bridgehead atoms. The molecule has 0 atom stereocenters. The molecule has 0 aliphatic carbocycles. The lowest BCUT2D eigenvalue weighted by Crippen LogP contribution is -2.19. The van der Waals surface area contributed by atoms with Crippen molar-refractivity contribution in [3.8, 4) is 0 Å². The van der Waals surface area contributed by atoms with Crippen LogP contribution in [0.1, 0.15) is 16.7 Å². The topological polar surface area (TPSA) is 3.24 Å². The average molecular weight is 239 g/mol. The number of rotatable bonds is 2. The first-order valence-electron chi connectivity index (χ1n) is 6.06. The van der Waals surface area contributed by atoms with Gasteiger partial charge in [0.15, 0.2) is 0 Å². The van der Waals surface area contributed by atoms with Crippen LogP contribution < -0.4 is 0 Å². The van der Waals surface area contributed by atoms with Gasteiger partial charge in [0, 0.05) is 19.3 Å². The van der Waals surface area contributed by atoms with Gasteiger partial charge in [-0.2, -0.15) is 0 Å². The van der Waals surface area contributed by atoms with Gasteiger partial charge in [-0.25, -0.2) is 4.39 Å². The van der Waals surface area contributed by atoms with E-state index in [9.17, 15) is 4.39 Å². The molecule has 1 heterocycles. The van der Waals surface area contributed by atoms with Gasteiger partial charge in [0.2, 0.25) is 0 Å². The molecule has 2 aromatic carbocycles. The van der Waals surface area contributed by atoms with Crippen LogP contribution in [0.25, 0.3) is 6.08 Å². The molecular weight excluding hydrogens is 225 g/mol. The Morgan fingerprint density at radius 2 is 1.78 bits per heavy atom. The van der Waals surface area contributed by atoms with Crippen LogP contribution in [0, 0.1) is 5.82 Å². The highest BCUT2D eigenvalue weighted by molar-refractivity contribution is 5.55. The normalized spacial score (nSPS) is 13.5. The van der Waals surface area contributed by atoms with Crippen molar-refractivity contribution in [3.05, 3.63) is 77.2 Å². The quantitative estimate of drug-likeness (QED) is 0.770. The lowest BCUT2D eigenvalue weighted by molar-refractivity contribution is 0.359. The molecule has 0 unspecified atom stereocenters. The van der Waals surface area contributed by atoms with E-state index in [1.807, 2.05) is 12.1 Å². The number of hydrogen-bond donors (Lipinski definition) is 0. The minimum absolute atomic E-state index is 0.182. The lowest BCUT2D eigenvalue weighted by Gasteiger charge is -2.25. The summed E-state index contributed by atoms with van der Waals surface area (Å²) in [5.74, 6) is -0.182. The zero-order valence-electron chi connectivity index (χ0n) is 10.0. The lowest BCUT2D eigenvalue weighted by atomic mass is 10.0. The Balaban J connectivity index is 1.75. The summed E-state index contributed by atoms with van der Waals surface area (Å²) in [6, 6.07) is 15.1. The molecule has 0 fully saturated rings. The van der Waals surface area contributed by atoms with Gasteiger partial charge in [-0.1, -0.05) is 36.4 Å². The Labute approximate surface area is 106 Å². The summed E-state index contributed by atoms with van der Waals surface area (Å²) >= 11 is 0. The Morgan fingerprint density at radius 3 is 2.61 bits per heavy atom. The predicted octanol–water partition coefficient (Wildman–Crippen LogP) is 3.81. The van der Waals surface area contributed by atoms with Crippen molar-refractivity contribution in [1.82, 2.24) is 4.90 Å². The molecule has 0 aromatic heterocycles. The van der Waals surface area contributed by atoms with Crippen molar-refractivity contribution in [2.45, 2.75) is 13.1 Å². The van der Waals surface area contributed by atoms with E-state index in [0.29, 0.717) is 0 Å². The number of nitrogens with zero attached hydrogens (tertiary/aromatic N) is 1. The molecule has 0 saturated heterocycles. The van der Waals surface area contributed by atoms with Gasteiger partial charge in [0.05, 0.1) is 0 Å². The van der Waals surface area contributed by atoms with Crippen molar-refractivity contribution in [1.29, 1.82) is 0 Å². The molecule has 0 saturated carbocycles. The second-order valence-electron chi connectivity index (χ2n) is 4.55. The fourth-order valence-electron chi connectivity index (χ4n) is 2.23. The maximum absolute atomic E-state index is 12.8. The zero-order valence-corrected chi connectivity index (χ0v) is 10.0. The highest BCUT2D eigenvalue weighted by Crippen LogP contribution is 2.20. The predicted molar refractivity (Wildman–Crippen MR) is 71.1 cm³/mol. The molecule has 2 heteroatoms. The second kappa shape index (κ2) is 4.65. The maximum atomic E-state index is 12.8. The van der Waals surface area contributed by atoms with E-state index in [1.54, 1.807) is 0 Å². The summed E-state index contributed by atoms with van der Waals surface area (Å²) in [7, 11) is 0. The Bertz CT molecular complexity index is 572. The molecule has 0 radical (unpaired) electrons. The van der Waals surface area contributed by atoms with Gasteiger partial charge >= 0.3 is 0 Å².